The minimum atomic E-state index is -0.325. The van der Waals surface area contributed by atoms with Crippen LogP contribution in [0.15, 0.2) is 95.9 Å². The zero-order valence-electron chi connectivity index (χ0n) is 19.3. The Morgan fingerprint density at radius 3 is 2.17 bits per heavy atom. The van der Waals surface area contributed by atoms with Crippen molar-refractivity contribution in [2.75, 3.05) is 36.4 Å². The fraction of sp³-hybridized carbons (Fsp3) is 0.222. The molecule has 8 nitrogen and oxygen atoms in total. The molecule has 1 N–H and O–H groups in total. The third kappa shape index (κ3) is 5.33. The van der Waals surface area contributed by atoms with Gasteiger partial charge in [0.1, 0.15) is 11.4 Å². The molecule has 5 rings (SSSR count). The second kappa shape index (κ2) is 10.4. The molecule has 1 aliphatic heterocycles. The van der Waals surface area contributed by atoms with Crippen LogP contribution in [0.4, 0.5) is 17.1 Å². The zero-order valence-corrected chi connectivity index (χ0v) is 19.3. The predicted molar refractivity (Wildman–Crippen MR) is 135 cm³/mol. The van der Waals surface area contributed by atoms with Gasteiger partial charge in [-0.15, -0.1) is 0 Å². The van der Waals surface area contributed by atoms with E-state index in [0.29, 0.717) is 5.69 Å². The molecule has 3 aromatic carbocycles. The van der Waals surface area contributed by atoms with E-state index in [2.05, 4.69) is 20.1 Å². The van der Waals surface area contributed by atoms with Crippen LogP contribution in [0.25, 0.3) is 0 Å². The summed E-state index contributed by atoms with van der Waals surface area (Å²) in [5.41, 5.74) is 3.63. The molecule has 2 heterocycles. The monoisotopic (exact) mass is 469 g/mol. The van der Waals surface area contributed by atoms with Gasteiger partial charge in [-0.2, -0.15) is 0 Å². The van der Waals surface area contributed by atoms with Crippen LogP contribution in [0.3, 0.4) is 0 Å². The summed E-state index contributed by atoms with van der Waals surface area (Å²) >= 11 is 0. The van der Waals surface area contributed by atoms with Crippen LogP contribution in [0, 0.1) is 10.1 Å². The SMILES string of the molecule is O=[N+]([O-])c1ccc(N2CCN(Cc3cnco3)CC2)cc1NC(c1ccccc1)c1ccccc1. The van der Waals surface area contributed by atoms with Crippen molar-refractivity contribution < 1.29 is 9.34 Å². The molecular formula is C27H27N5O3. The van der Waals surface area contributed by atoms with Crippen molar-refractivity contribution in [1.82, 2.24) is 9.88 Å². The van der Waals surface area contributed by atoms with Gasteiger partial charge in [-0.25, -0.2) is 4.98 Å². The summed E-state index contributed by atoms with van der Waals surface area (Å²) in [6.07, 6.45) is 3.20. The van der Waals surface area contributed by atoms with Gasteiger partial charge >= 0.3 is 0 Å². The number of anilines is 2. The van der Waals surface area contributed by atoms with Crippen LogP contribution in [-0.4, -0.2) is 41.0 Å². The number of nitro benzene ring substituents is 1. The number of nitro groups is 1. The Kier molecular flexibility index (Phi) is 6.72. The largest absolute Gasteiger partial charge is 0.447 e. The summed E-state index contributed by atoms with van der Waals surface area (Å²) in [6.45, 7) is 4.13. The standard InChI is InChI=1S/C27H27N5O3/c33-32(34)26-12-11-23(31-15-13-30(14-16-31)19-24-18-28-20-35-24)17-25(26)29-27(21-7-3-1-4-8-21)22-9-5-2-6-10-22/h1-12,17-18,20,27,29H,13-16,19H2. The molecule has 0 amide bonds. The normalized spacial score (nSPS) is 14.3. The summed E-state index contributed by atoms with van der Waals surface area (Å²) in [5.74, 6) is 0.855. The Bertz CT molecular complexity index is 1200. The van der Waals surface area contributed by atoms with Gasteiger partial charge in [0.15, 0.2) is 6.39 Å². The number of aromatic nitrogens is 1. The Labute approximate surface area is 204 Å². The topological polar surface area (TPSA) is 87.7 Å². The molecule has 1 aliphatic rings. The lowest BCUT2D eigenvalue weighted by molar-refractivity contribution is -0.384. The highest BCUT2D eigenvalue weighted by molar-refractivity contribution is 5.70. The second-order valence-electron chi connectivity index (χ2n) is 8.59. The van der Waals surface area contributed by atoms with Crippen molar-refractivity contribution in [1.29, 1.82) is 0 Å². The predicted octanol–water partition coefficient (Wildman–Crippen LogP) is 5.11. The molecule has 4 aromatic rings. The molecule has 0 saturated carbocycles. The van der Waals surface area contributed by atoms with E-state index < -0.39 is 0 Å². The number of nitrogens with zero attached hydrogens (tertiary/aromatic N) is 4. The first-order valence-electron chi connectivity index (χ1n) is 11.7. The van der Waals surface area contributed by atoms with Gasteiger partial charge in [0.25, 0.3) is 5.69 Å². The number of hydrogen-bond acceptors (Lipinski definition) is 7. The lowest BCUT2D eigenvalue weighted by Crippen LogP contribution is -2.45. The molecule has 0 aliphatic carbocycles. The zero-order chi connectivity index (χ0) is 24.0. The van der Waals surface area contributed by atoms with E-state index in [1.807, 2.05) is 72.8 Å². The summed E-state index contributed by atoms with van der Waals surface area (Å²) < 4.78 is 5.37. The third-order valence-corrected chi connectivity index (χ3v) is 6.34. The first-order valence-corrected chi connectivity index (χ1v) is 11.7. The number of hydrogen-bond donors (Lipinski definition) is 1. The van der Waals surface area contributed by atoms with Gasteiger partial charge in [-0.3, -0.25) is 15.0 Å². The van der Waals surface area contributed by atoms with Crippen LogP contribution >= 0.6 is 0 Å². The lowest BCUT2D eigenvalue weighted by Gasteiger charge is -2.35. The van der Waals surface area contributed by atoms with E-state index in [4.69, 9.17) is 4.42 Å². The van der Waals surface area contributed by atoms with Crippen molar-refractivity contribution in [2.24, 2.45) is 0 Å². The van der Waals surface area contributed by atoms with E-state index in [1.54, 1.807) is 12.3 Å². The van der Waals surface area contributed by atoms with E-state index >= 15 is 0 Å². The minimum Gasteiger partial charge on any atom is -0.447 e. The number of benzene rings is 3. The maximum atomic E-state index is 11.9. The van der Waals surface area contributed by atoms with Crippen LogP contribution in [-0.2, 0) is 6.54 Å². The molecule has 0 unspecified atom stereocenters. The van der Waals surface area contributed by atoms with E-state index in [1.165, 1.54) is 6.39 Å². The summed E-state index contributed by atoms with van der Waals surface area (Å²) in [7, 11) is 0. The van der Waals surface area contributed by atoms with Gasteiger partial charge in [-0.1, -0.05) is 60.7 Å². The molecule has 1 aromatic heterocycles. The number of rotatable bonds is 8. The van der Waals surface area contributed by atoms with Crippen LogP contribution in [0.1, 0.15) is 22.9 Å². The van der Waals surface area contributed by atoms with Crippen molar-refractivity contribution >= 4 is 17.1 Å². The molecule has 178 valence electrons. The summed E-state index contributed by atoms with van der Waals surface area (Å²) in [5, 5.41) is 15.4. The number of nitrogens with one attached hydrogen (secondary N) is 1. The van der Waals surface area contributed by atoms with Crippen molar-refractivity contribution in [3.8, 4) is 0 Å². The Hall–Kier alpha value is -4.17. The van der Waals surface area contributed by atoms with Gasteiger partial charge in [-0.05, 0) is 23.3 Å². The second-order valence-corrected chi connectivity index (χ2v) is 8.59. The molecular weight excluding hydrogens is 442 g/mol. The number of piperazine rings is 1. The van der Waals surface area contributed by atoms with Gasteiger partial charge in [0.2, 0.25) is 0 Å². The van der Waals surface area contributed by atoms with Gasteiger partial charge in [0.05, 0.1) is 23.7 Å². The van der Waals surface area contributed by atoms with Gasteiger partial charge < -0.3 is 14.6 Å². The average molecular weight is 470 g/mol. The Morgan fingerprint density at radius 2 is 1.60 bits per heavy atom. The van der Waals surface area contributed by atoms with Crippen molar-refractivity contribution in [2.45, 2.75) is 12.6 Å². The minimum absolute atomic E-state index is 0.0644. The van der Waals surface area contributed by atoms with Crippen molar-refractivity contribution in [3.05, 3.63) is 118 Å². The first-order chi connectivity index (χ1) is 17.2. The highest BCUT2D eigenvalue weighted by atomic mass is 16.6. The average Bonchev–Trinajstić information content (AvgIpc) is 3.41. The molecule has 0 radical (unpaired) electrons. The smallest absolute Gasteiger partial charge is 0.292 e. The first kappa shape index (κ1) is 22.6. The maximum absolute atomic E-state index is 11.9. The molecule has 1 fully saturated rings. The maximum Gasteiger partial charge on any atom is 0.292 e. The van der Waals surface area contributed by atoms with Crippen LogP contribution < -0.4 is 10.2 Å². The quantitative estimate of drug-likeness (QED) is 0.283. The molecule has 8 heteroatoms. The molecule has 1 saturated heterocycles. The van der Waals surface area contributed by atoms with E-state index in [9.17, 15) is 10.1 Å². The van der Waals surface area contributed by atoms with E-state index in [-0.39, 0.29) is 16.7 Å². The molecule has 0 atom stereocenters. The van der Waals surface area contributed by atoms with Crippen LogP contribution in [0.2, 0.25) is 0 Å². The van der Waals surface area contributed by atoms with Gasteiger partial charge in [0, 0.05) is 37.9 Å². The molecule has 0 spiro atoms. The number of oxazole rings is 1. The highest BCUT2D eigenvalue weighted by Gasteiger charge is 2.23. The molecule has 0 bridgehead atoms. The summed E-state index contributed by atoms with van der Waals surface area (Å²) in [6, 6.07) is 25.1. The summed E-state index contributed by atoms with van der Waals surface area (Å²) in [4.78, 5) is 20.1. The highest BCUT2D eigenvalue weighted by Crippen LogP contribution is 2.35. The van der Waals surface area contributed by atoms with E-state index in [0.717, 1.165) is 55.3 Å². The fourth-order valence-corrected chi connectivity index (χ4v) is 4.51. The lowest BCUT2D eigenvalue weighted by atomic mass is 9.98. The van der Waals surface area contributed by atoms with Crippen LogP contribution in [0.5, 0.6) is 0 Å². The molecule has 35 heavy (non-hydrogen) atoms. The Balaban J connectivity index is 1.39. The van der Waals surface area contributed by atoms with Crippen molar-refractivity contribution in [3.63, 3.8) is 0 Å². The fourth-order valence-electron chi connectivity index (χ4n) is 4.51. The third-order valence-electron chi connectivity index (χ3n) is 6.34. The Morgan fingerprint density at radius 1 is 0.943 bits per heavy atom.